The van der Waals surface area contributed by atoms with Crippen LogP contribution in [0, 0.1) is 0 Å². The number of carbonyl (C=O) groups excluding carboxylic acids is 1. The first-order valence-corrected chi connectivity index (χ1v) is 12.6. The van der Waals surface area contributed by atoms with E-state index in [1.165, 1.54) is 18.5 Å². The van der Waals surface area contributed by atoms with Crippen LogP contribution in [-0.4, -0.2) is 51.9 Å². The van der Waals surface area contributed by atoms with Crippen molar-refractivity contribution in [3.8, 4) is 0 Å². The second-order valence-electron chi connectivity index (χ2n) is 9.04. The van der Waals surface area contributed by atoms with E-state index in [2.05, 4.69) is 52.6 Å². The Bertz CT molecular complexity index is 1140. The van der Waals surface area contributed by atoms with Gasteiger partial charge in [-0.15, -0.1) is 0 Å². The Labute approximate surface area is 202 Å². The highest BCUT2D eigenvalue weighted by Gasteiger charge is 2.38. The summed E-state index contributed by atoms with van der Waals surface area (Å²) >= 11 is 1.62. The van der Waals surface area contributed by atoms with Gasteiger partial charge in [0.25, 0.3) is 17.6 Å². The lowest BCUT2D eigenvalue weighted by atomic mass is 10.1. The van der Waals surface area contributed by atoms with Crippen LogP contribution in [-0.2, 0) is 0 Å². The molecule has 4 heterocycles. The average molecular weight is 477 g/mol. The van der Waals surface area contributed by atoms with E-state index in [9.17, 15) is 4.79 Å². The van der Waals surface area contributed by atoms with Gasteiger partial charge in [-0.05, 0) is 73.3 Å². The van der Waals surface area contributed by atoms with Gasteiger partial charge in [-0.3, -0.25) is 19.5 Å². The third-order valence-corrected chi connectivity index (χ3v) is 7.33. The molecule has 1 radical (unpaired) electrons. The van der Waals surface area contributed by atoms with Crippen molar-refractivity contribution in [2.24, 2.45) is 4.99 Å². The third-order valence-electron chi connectivity index (χ3n) is 6.38. The van der Waals surface area contributed by atoms with Gasteiger partial charge in [0.05, 0.1) is 12.4 Å². The van der Waals surface area contributed by atoms with Gasteiger partial charge >= 0.3 is 0 Å². The molecule has 1 aliphatic carbocycles. The van der Waals surface area contributed by atoms with Gasteiger partial charge in [0.1, 0.15) is 6.54 Å². The van der Waals surface area contributed by atoms with Crippen molar-refractivity contribution in [2.75, 3.05) is 25.0 Å². The lowest BCUT2D eigenvalue weighted by Crippen LogP contribution is -2.45. The fraction of sp³-hybridized carbons (Fsp3) is 0.375. The molecule has 1 saturated heterocycles. The first-order chi connectivity index (χ1) is 16.7. The van der Waals surface area contributed by atoms with E-state index in [4.69, 9.17) is 0 Å². The Morgan fingerprint density at radius 2 is 2.09 bits per heavy atom. The molecule has 3 aliphatic heterocycles. The summed E-state index contributed by atoms with van der Waals surface area (Å²) in [5.41, 5.74) is 1.88. The van der Waals surface area contributed by atoms with Crippen LogP contribution in [0.25, 0.3) is 0 Å². The summed E-state index contributed by atoms with van der Waals surface area (Å²) < 4.78 is 2.14. The highest BCUT2D eigenvalue weighted by atomic mass is 32.2. The number of amidine groups is 1. The number of benzene rings is 1. The van der Waals surface area contributed by atoms with Gasteiger partial charge in [-0.25, -0.2) is 0 Å². The van der Waals surface area contributed by atoms with Gasteiger partial charge < -0.3 is 10.6 Å². The summed E-state index contributed by atoms with van der Waals surface area (Å²) in [4.78, 5) is 20.2. The summed E-state index contributed by atoms with van der Waals surface area (Å²) in [5, 5.41) is 17.5. The largest absolute Gasteiger partial charge is 0.348 e. The molecule has 0 bridgehead atoms. The van der Waals surface area contributed by atoms with E-state index in [0.29, 0.717) is 18.0 Å². The van der Waals surface area contributed by atoms with Gasteiger partial charge in [0.2, 0.25) is 0 Å². The van der Waals surface area contributed by atoms with E-state index in [1.54, 1.807) is 11.9 Å². The number of aliphatic imine (C=N–C) groups is 1. The van der Waals surface area contributed by atoms with E-state index in [-0.39, 0.29) is 11.9 Å². The third kappa shape index (κ3) is 4.75. The van der Waals surface area contributed by atoms with Crippen molar-refractivity contribution < 1.29 is 4.79 Å². The number of aromatic nitrogens is 2. The van der Waals surface area contributed by atoms with Crippen LogP contribution in [0.3, 0.4) is 0 Å². The maximum Gasteiger partial charge on any atom is 0.285 e. The van der Waals surface area contributed by atoms with Crippen LogP contribution < -0.4 is 20.9 Å². The molecule has 2 fully saturated rings. The number of nitrogens with zero attached hydrogens (tertiary/aromatic N) is 4. The van der Waals surface area contributed by atoms with Crippen LogP contribution in [0.2, 0.25) is 0 Å². The number of hydrogen-bond donors (Lipinski definition) is 4. The first-order valence-electron chi connectivity index (χ1n) is 11.8. The van der Waals surface area contributed by atoms with Crippen molar-refractivity contribution >= 4 is 29.5 Å². The number of fused-ring (bicyclic) bond motifs is 1. The van der Waals surface area contributed by atoms with Crippen molar-refractivity contribution in [3.05, 3.63) is 66.0 Å². The fourth-order valence-corrected chi connectivity index (χ4v) is 5.25. The number of anilines is 1. The quantitative estimate of drug-likeness (QED) is 0.362. The van der Waals surface area contributed by atoms with Gasteiger partial charge in [0, 0.05) is 40.7 Å². The lowest BCUT2D eigenvalue weighted by Gasteiger charge is -2.24. The van der Waals surface area contributed by atoms with Gasteiger partial charge in [0.15, 0.2) is 12.0 Å². The molecule has 1 amide bonds. The molecule has 4 N–H and O–H groups in total. The molecule has 2 aromatic rings. The van der Waals surface area contributed by atoms with Crippen molar-refractivity contribution in [2.45, 2.75) is 42.5 Å². The van der Waals surface area contributed by atoms with Crippen LogP contribution in [0.4, 0.5) is 5.82 Å². The number of carbonyl (C=O) groups is 1. The van der Waals surface area contributed by atoms with Crippen LogP contribution >= 0.6 is 11.9 Å². The Kier molecular flexibility index (Phi) is 5.86. The first kappa shape index (κ1) is 21.5. The van der Waals surface area contributed by atoms with Gasteiger partial charge in [-0.2, -0.15) is 10.1 Å². The molecule has 4 aliphatic rings. The summed E-state index contributed by atoms with van der Waals surface area (Å²) in [6.07, 6.45) is 10.4. The minimum Gasteiger partial charge on any atom is -0.348 e. The minimum absolute atomic E-state index is 0.0128. The van der Waals surface area contributed by atoms with E-state index in [1.807, 2.05) is 36.7 Å². The van der Waals surface area contributed by atoms with Crippen LogP contribution in [0.1, 0.15) is 47.7 Å². The number of rotatable bonds is 7. The zero-order valence-corrected chi connectivity index (χ0v) is 19.6. The maximum atomic E-state index is 12.6. The number of nitrogens with one attached hydrogen (secondary N) is 4. The van der Waals surface area contributed by atoms with Crippen molar-refractivity contribution in [3.63, 3.8) is 0 Å². The van der Waals surface area contributed by atoms with E-state index >= 15 is 0 Å². The standard InChI is InChI=1S/C24H28N8OS/c33-24(27-18-2-1-9-25-13-18)17-5-7-19(8-6-17)34-31-14-22-26-10-11-32(22)23(15-31)28-21-12-20(29-30-21)16-3-4-16/h5-8,10-12,15-16,18,25H,1-4,9,13-14H2,(H,27,33)(H2,28,29,30)/q+1. The molecular weight excluding hydrogens is 448 g/mol. The number of aromatic amines is 1. The second kappa shape index (κ2) is 9.28. The zero-order valence-electron chi connectivity index (χ0n) is 18.8. The smallest absolute Gasteiger partial charge is 0.285 e. The molecule has 175 valence electrons. The second-order valence-corrected chi connectivity index (χ2v) is 10.2. The number of piperidine rings is 1. The predicted octanol–water partition coefficient (Wildman–Crippen LogP) is 3.03. The molecule has 1 aromatic carbocycles. The molecule has 0 spiro atoms. The molecule has 9 nitrogen and oxygen atoms in total. The molecule has 10 heteroatoms. The minimum atomic E-state index is -0.0128. The fourth-order valence-electron chi connectivity index (χ4n) is 4.39. The maximum absolute atomic E-state index is 12.6. The van der Waals surface area contributed by atoms with E-state index < -0.39 is 0 Å². The van der Waals surface area contributed by atoms with Crippen molar-refractivity contribution in [1.82, 2.24) is 30.0 Å². The zero-order chi connectivity index (χ0) is 22.9. The molecule has 6 rings (SSSR count). The van der Waals surface area contributed by atoms with Gasteiger partial charge in [-0.1, -0.05) is 0 Å². The molecule has 1 unspecified atom stereocenters. The Hall–Kier alpha value is -3.08. The normalized spacial score (nSPS) is 22.2. The molecule has 1 saturated carbocycles. The number of amides is 1. The Morgan fingerprint density at radius 1 is 1.21 bits per heavy atom. The highest BCUT2D eigenvalue weighted by molar-refractivity contribution is 7.97. The molecular formula is C24H28N8OS+. The molecule has 34 heavy (non-hydrogen) atoms. The summed E-state index contributed by atoms with van der Waals surface area (Å²) in [7, 11) is 0. The predicted molar refractivity (Wildman–Crippen MR) is 133 cm³/mol. The number of hydrogen-bond acceptors (Lipinski definition) is 8. The Morgan fingerprint density at radius 3 is 2.88 bits per heavy atom. The Balaban J connectivity index is 1.12. The topological polar surface area (TPSA) is 103 Å². The average Bonchev–Trinajstić information content (AvgIpc) is 3.41. The van der Waals surface area contributed by atoms with Crippen molar-refractivity contribution in [1.29, 1.82) is 0 Å². The number of H-pyrrole nitrogens is 1. The molecule has 1 aromatic heterocycles. The molecule has 1 atom stereocenters. The van der Waals surface area contributed by atoms with Crippen LogP contribution in [0.15, 0.2) is 64.6 Å². The summed E-state index contributed by atoms with van der Waals surface area (Å²) in [5.74, 6) is 3.28. The monoisotopic (exact) mass is 476 g/mol. The highest BCUT2D eigenvalue weighted by Crippen LogP contribution is 2.39. The lowest BCUT2D eigenvalue weighted by molar-refractivity contribution is 0.0930. The SMILES string of the molecule is O=C(NC1CCCNC1)c1ccc(SN2C=C(Nc3cc(C4CC4)[nH]n3)[N+]3C=CN=C3C2)cc1. The summed E-state index contributed by atoms with van der Waals surface area (Å²) in [6.45, 7) is 2.55. The van der Waals surface area contributed by atoms with Crippen LogP contribution in [0.5, 0.6) is 0 Å². The summed E-state index contributed by atoms with van der Waals surface area (Å²) in [6, 6.07) is 10.1. The van der Waals surface area contributed by atoms with E-state index in [0.717, 1.165) is 48.3 Å².